The Labute approximate surface area is 187 Å². The standard InChI is InChI=1S/C19H23Cl2N3O2.2ClH/c1-19(6-8-22-9-7-19)12-24-17(25)4-5-18-23-11-16(26-18)14-3-2-13(20)10-15(14)21;;/h2-3,10-11,22H,4-9,12H2,1H3,(H,24,25);2*1H. The van der Waals surface area contributed by atoms with Crippen molar-refractivity contribution in [3.63, 3.8) is 0 Å². The number of oxazole rings is 1. The quantitative estimate of drug-likeness (QED) is 0.630. The lowest BCUT2D eigenvalue weighted by atomic mass is 9.81. The van der Waals surface area contributed by atoms with E-state index in [1.165, 1.54) is 0 Å². The molecule has 0 radical (unpaired) electrons. The van der Waals surface area contributed by atoms with Crippen LogP contribution in [0.2, 0.25) is 10.0 Å². The number of nitrogens with one attached hydrogen (secondary N) is 2. The van der Waals surface area contributed by atoms with Crippen molar-refractivity contribution >= 4 is 53.9 Å². The van der Waals surface area contributed by atoms with Crippen LogP contribution in [-0.4, -0.2) is 30.5 Å². The molecule has 2 aromatic rings. The van der Waals surface area contributed by atoms with Crippen molar-refractivity contribution in [2.45, 2.75) is 32.6 Å². The Kier molecular flexibility index (Phi) is 10.1. The van der Waals surface area contributed by atoms with E-state index in [1.807, 2.05) is 0 Å². The van der Waals surface area contributed by atoms with Gasteiger partial charge in [0.25, 0.3) is 0 Å². The van der Waals surface area contributed by atoms with Gasteiger partial charge in [-0.05, 0) is 49.5 Å². The minimum Gasteiger partial charge on any atom is -0.441 e. The molecule has 0 atom stereocenters. The topological polar surface area (TPSA) is 67.2 Å². The molecular formula is C19H25Cl4N3O2. The number of amides is 1. The number of hydrogen-bond acceptors (Lipinski definition) is 4. The van der Waals surface area contributed by atoms with Gasteiger partial charge < -0.3 is 15.1 Å². The second-order valence-corrected chi connectivity index (χ2v) is 7.92. The molecule has 1 aliphatic heterocycles. The van der Waals surface area contributed by atoms with Crippen molar-refractivity contribution in [3.05, 3.63) is 40.3 Å². The predicted octanol–water partition coefficient (Wildman–Crippen LogP) is 4.93. The number of rotatable bonds is 6. The Balaban J connectivity index is 0.00000196. The molecule has 2 heterocycles. The Morgan fingerprint density at radius 2 is 2.00 bits per heavy atom. The fourth-order valence-electron chi connectivity index (χ4n) is 3.07. The first-order valence-corrected chi connectivity index (χ1v) is 9.58. The molecule has 156 valence electrons. The molecule has 1 saturated heterocycles. The predicted molar refractivity (Wildman–Crippen MR) is 118 cm³/mol. The fourth-order valence-corrected chi connectivity index (χ4v) is 3.57. The van der Waals surface area contributed by atoms with Crippen LogP contribution < -0.4 is 10.6 Å². The minimum absolute atomic E-state index is 0. The van der Waals surface area contributed by atoms with Crippen LogP contribution in [0.3, 0.4) is 0 Å². The van der Waals surface area contributed by atoms with Gasteiger partial charge >= 0.3 is 0 Å². The highest BCUT2D eigenvalue weighted by Gasteiger charge is 2.26. The van der Waals surface area contributed by atoms with E-state index in [0.29, 0.717) is 41.1 Å². The highest BCUT2D eigenvalue weighted by atomic mass is 35.5. The van der Waals surface area contributed by atoms with Crippen LogP contribution >= 0.6 is 48.0 Å². The second-order valence-electron chi connectivity index (χ2n) is 7.08. The SMILES string of the molecule is CC1(CNC(=O)CCc2ncc(-c3ccc(Cl)cc3Cl)o2)CCNCC1.Cl.Cl. The van der Waals surface area contributed by atoms with E-state index >= 15 is 0 Å². The first kappa shape index (κ1) is 25.1. The van der Waals surface area contributed by atoms with Gasteiger partial charge in [-0.3, -0.25) is 4.79 Å². The van der Waals surface area contributed by atoms with Gasteiger partial charge in [-0.1, -0.05) is 30.1 Å². The van der Waals surface area contributed by atoms with Gasteiger partial charge in [-0.2, -0.15) is 0 Å². The molecule has 0 saturated carbocycles. The van der Waals surface area contributed by atoms with E-state index in [2.05, 4.69) is 22.5 Å². The van der Waals surface area contributed by atoms with Gasteiger partial charge in [0.15, 0.2) is 11.7 Å². The summed E-state index contributed by atoms with van der Waals surface area (Å²) in [5.41, 5.74) is 0.917. The normalized spacial score (nSPS) is 15.2. The molecule has 1 amide bonds. The summed E-state index contributed by atoms with van der Waals surface area (Å²) in [5.74, 6) is 1.12. The number of benzene rings is 1. The molecule has 0 aliphatic carbocycles. The average molecular weight is 469 g/mol. The molecule has 5 nitrogen and oxygen atoms in total. The van der Waals surface area contributed by atoms with Crippen LogP contribution in [0, 0.1) is 5.41 Å². The van der Waals surface area contributed by atoms with Gasteiger partial charge in [0.2, 0.25) is 5.91 Å². The second kappa shape index (κ2) is 11.3. The van der Waals surface area contributed by atoms with Gasteiger partial charge in [-0.15, -0.1) is 24.8 Å². The third kappa shape index (κ3) is 6.82. The summed E-state index contributed by atoms with van der Waals surface area (Å²) >= 11 is 12.1. The minimum atomic E-state index is 0. The number of piperidine rings is 1. The van der Waals surface area contributed by atoms with Crippen molar-refractivity contribution in [3.8, 4) is 11.3 Å². The molecule has 1 aromatic carbocycles. The van der Waals surface area contributed by atoms with E-state index in [1.54, 1.807) is 24.4 Å². The molecule has 0 bridgehead atoms. The summed E-state index contributed by atoms with van der Waals surface area (Å²) < 4.78 is 5.73. The Morgan fingerprint density at radius 3 is 2.68 bits per heavy atom. The Hall–Kier alpha value is -0.980. The molecule has 1 aromatic heterocycles. The molecule has 1 aliphatic rings. The zero-order valence-electron chi connectivity index (χ0n) is 15.6. The molecule has 0 spiro atoms. The Morgan fingerprint density at radius 1 is 1.29 bits per heavy atom. The smallest absolute Gasteiger partial charge is 0.220 e. The van der Waals surface area contributed by atoms with Crippen LogP contribution in [0.4, 0.5) is 0 Å². The van der Waals surface area contributed by atoms with E-state index < -0.39 is 0 Å². The maximum absolute atomic E-state index is 12.1. The van der Waals surface area contributed by atoms with Crippen LogP contribution in [0.5, 0.6) is 0 Å². The molecule has 3 rings (SSSR count). The number of aromatic nitrogens is 1. The summed E-state index contributed by atoms with van der Waals surface area (Å²) in [6.45, 7) is 4.96. The monoisotopic (exact) mass is 467 g/mol. The number of hydrogen-bond donors (Lipinski definition) is 2. The fraction of sp³-hybridized carbons (Fsp3) is 0.474. The summed E-state index contributed by atoms with van der Waals surface area (Å²) in [6, 6.07) is 5.20. The zero-order valence-corrected chi connectivity index (χ0v) is 18.7. The van der Waals surface area contributed by atoms with Crippen LogP contribution in [0.25, 0.3) is 11.3 Å². The maximum atomic E-state index is 12.1. The summed E-state index contributed by atoms with van der Waals surface area (Å²) in [7, 11) is 0. The average Bonchev–Trinajstić information content (AvgIpc) is 3.07. The lowest BCUT2D eigenvalue weighted by Crippen LogP contribution is -2.42. The van der Waals surface area contributed by atoms with Crippen molar-refractivity contribution in [1.82, 2.24) is 15.6 Å². The van der Waals surface area contributed by atoms with Crippen molar-refractivity contribution in [1.29, 1.82) is 0 Å². The first-order valence-electron chi connectivity index (χ1n) is 8.83. The van der Waals surface area contributed by atoms with E-state index in [4.69, 9.17) is 27.6 Å². The number of nitrogens with zero attached hydrogens (tertiary/aromatic N) is 1. The maximum Gasteiger partial charge on any atom is 0.220 e. The van der Waals surface area contributed by atoms with Gasteiger partial charge in [0.1, 0.15) is 0 Å². The van der Waals surface area contributed by atoms with Gasteiger partial charge in [0, 0.05) is 30.0 Å². The van der Waals surface area contributed by atoms with Crippen molar-refractivity contribution in [2.24, 2.45) is 5.41 Å². The van der Waals surface area contributed by atoms with Crippen LogP contribution in [-0.2, 0) is 11.2 Å². The summed E-state index contributed by atoms with van der Waals surface area (Å²) in [6.07, 6.45) is 4.59. The highest BCUT2D eigenvalue weighted by molar-refractivity contribution is 6.36. The molecule has 0 unspecified atom stereocenters. The lowest BCUT2D eigenvalue weighted by molar-refractivity contribution is -0.121. The van der Waals surface area contributed by atoms with Crippen LogP contribution in [0.1, 0.15) is 32.1 Å². The molecular weight excluding hydrogens is 444 g/mol. The van der Waals surface area contributed by atoms with E-state index in [0.717, 1.165) is 31.5 Å². The molecule has 9 heteroatoms. The number of aryl methyl sites for hydroxylation is 1. The van der Waals surface area contributed by atoms with Crippen LogP contribution in [0.15, 0.2) is 28.8 Å². The zero-order chi connectivity index (χ0) is 18.6. The number of halogens is 4. The number of carbonyl (C=O) groups is 1. The van der Waals surface area contributed by atoms with Gasteiger partial charge in [0.05, 0.1) is 11.2 Å². The third-order valence-electron chi connectivity index (χ3n) is 4.84. The summed E-state index contributed by atoms with van der Waals surface area (Å²) in [5, 5.41) is 7.47. The first-order chi connectivity index (χ1) is 12.5. The van der Waals surface area contributed by atoms with E-state index in [-0.39, 0.29) is 36.1 Å². The van der Waals surface area contributed by atoms with E-state index in [9.17, 15) is 4.79 Å². The molecule has 28 heavy (non-hydrogen) atoms. The molecule has 2 N–H and O–H groups in total. The number of carbonyl (C=O) groups excluding carboxylic acids is 1. The largest absolute Gasteiger partial charge is 0.441 e. The summed E-state index contributed by atoms with van der Waals surface area (Å²) in [4.78, 5) is 16.4. The molecule has 1 fully saturated rings. The Bertz CT molecular complexity index is 776. The lowest BCUT2D eigenvalue weighted by Gasteiger charge is -2.34. The third-order valence-corrected chi connectivity index (χ3v) is 5.39. The van der Waals surface area contributed by atoms with Crippen molar-refractivity contribution < 1.29 is 9.21 Å². The van der Waals surface area contributed by atoms with Gasteiger partial charge in [-0.25, -0.2) is 4.98 Å². The van der Waals surface area contributed by atoms with Crippen molar-refractivity contribution in [2.75, 3.05) is 19.6 Å². The highest BCUT2D eigenvalue weighted by Crippen LogP contribution is 2.31.